The summed E-state index contributed by atoms with van der Waals surface area (Å²) in [6, 6.07) is 20.5. The van der Waals surface area contributed by atoms with Crippen LogP contribution in [0, 0.1) is 0 Å². The van der Waals surface area contributed by atoms with Gasteiger partial charge in [-0.05, 0) is 24.3 Å². The van der Waals surface area contributed by atoms with Crippen molar-refractivity contribution >= 4 is 21.7 Å². The minimum Gasteiger partial charge on any atom is -0.486 e. The van der Waals surface area contributed by atoms with Crippen LogP contribution in [-0.2, 0) is 7.05 Å². The number of hydrogen-bond acceptors (Lipinski definition) is 4. The number of likely N-dealkylation sites (tertiary alicyclic amines) is 1. The smallest absolute Gasteiger partial charge is 0.133 e. The van der Waals surface area contributed by atoms with Crippen molar-refractivity contribution in [1.29, 1.82) is 0 Å². The number of ether oxygens (including phenoxy) is 1. The molecule has 5 nitrogen and oxygen atoms in total. The number of para-hydroxylation sites is 1. The van der Waals surface area contributed by atoms with Gasteiger partial charge in [0, 0.05) is 66.7 Å². The molecule has 2 atom stereocenters. The van der Waals surface area contributed by atoms with Crippen molar-refractivity contribution in [1.82, 2.24) is 9.47 Å². The Labute approximate surface area is 193 Å². The Kier molecular flexibility index (Phi) is 4.94. The predicted octanol–water partition coefficient (Wildman–Crippen LogP) is 4.72. The lowest BCUT2D eigenvalue weighted by Gasteiger charge is -2.46. The Morgan fingerprint density at radius 2 is 1.73 bits per heavy atom. The zero-order chi connectivity index (χ0) is 22.6. The molecule has 33 heavy (non-hydrogen) atoms. The number of hydrogen-bond donors (Lipinski definition) is 2. The second-order valence-electron chi connectivity index (χ2n) is 9.74. The molecule has 2 aliphatic rings. The zero-order valence-electron chi connectivity index (χ0n) is 18.9. The van der Waals surface area contributed by atoms with E-state index in [0.717, 1.165) is 64.5 Å². The van der Waals surface area contributed by atoms with Crippen molar-refractivity contribution in [2.45, 2.75) is 37.1 Å². The number of nitrogens with zero attached hydrogens (tertiary/aromatic N) is 2. The van der Waals surface area contributed by atoms with Gasteiger partial charge in [0.25, 0.3) is 0 Å². The fraction of sp³-hybridized carbons (Fsp3) is 0.357. The lowest BCUT2D eigenvalue weighted by molar-refractivity contribution is -0.0576. The summed E-state index contributed by atoms with van der Waals surface area (Å²) in [5, 5.41) is 25.3. The highest BCUT2D eigenvalue weighted by Gasteiger charge is 2.43. The number of β-amino-alcohol motifs (C(OH)–C–C–N with tert-alkyl or cyclic N) is 1. The van der Waals surface area contributed by atoms with Gasteiger partial charge in [-0.15, -0.1) is 0 Å². The maximum Gasteiger partial charge on any atom is 0.133 e. The Bertz CT molecular complexity index is 1320. The van der Waals surface area contributed by atoms with Crippen LogP contribution in [0.3, 0.4) is 0 Å². The quantitative estimate of drug-likeness (QED) is 0.482. The lowest BCUT2D eigenvalue weighted by Crippen LogP contribution is -2.51. The van der Waals surface area contributed by atoms with Crippen molar-refractivity contribution < 1.29 is 14.9 Å². The van der Waals surface area contributed by atoms with Gasteiger partial charge < -0.3 is 24.4 Å². The molecule has 2 N–H and O–H groups in total. The van der Waals surface area contributed by atoms with Crippen molar-refractivity contribution in [3.8, 4) is 5.75 Å². The first kappa shape index (κ1) is 20.7. The second kappa shape index (κ2) is 7.87. The Morgan fingerprint density at radius 3 is 2.55 bits per heavy atom. The summed E-state index contributed by atoms with van der Waals surface area (Å²) < 4.78 is 8.77. The van der Waals surface area contributed by atoms with E-state index in [1.54, 1.807) is 0 Å². The monoisotopic (exact) mass is 442 g/mol. The van der Waals surface area contributed by atoms with E-state index in [2.05, 4.69) is 39.8 Å². The Hall–Kier alpha value is -2.86. The standard InChI is InChI=1S/C28H30N2O3/c1-29-17-23(21-8-4-5-9-24(21)29)26(32)18-30-14-12-28(13-15-30)16-25(31)22-11-10-19-6-2-3-7-20(19)27(22)33-28/h2-11,17,25-26,31-32H,12-16,18H2,1H3/t25-,26-/m1/s1. The lowest BCUT2D eigenvalue weighted by atomic mass is 9.81. The number of aliphatic hydroxyl groups is 2. The molecule has 0 saturated carbocycles. The first-order valence-corrected chi connectivity index (χ1v) is 11.9. The largest absolute Gasteiger partial charge is 0.486 e. The van der Waals surface area contributed by atoms with Crippen LogP contribution in [0.1, 0.15) is 42.6 Å². The third-order valence-electron chi connectivity index (χ3n) is 7.64. The summed E-state index contributed by atoms with van der Waals surface area (Å²) in [4.78, 5) is 2.33. The normalized spacial score (nSPS) is 21.2. The Morgan fingerprint density at radius 1 is 1.00 bits per heavy atom. The van der Waals surface area contributed by atoms with Gasteiger partial charge in [0.2, 0.25) is 0 Å². The topological polar surface area (TPSA) is 57.9 Å². The van der Waals surface area contributed by atoms with E-state index in [-0.39, 0.29) is 5.60 Å². The molecule has 1 spiro atoms. The number of aliphatic hydroxyl groups excluding tert-OH is 2. The van der Waals surface area contributed by atoms with E-state index in [9.17, 15) is 10.2 Å². The minimum absolute atomic E-state index is 0.350. The molecule has 5 heteroatoms. The summed E-state index contributed by atoms with van der Waals surface area (Å²) >= 11 is 0. The summed E-state index contributed by atoms with van der Waals surface area (Å²) in [6.07, 6.45) is 3.31. The minimum atomic E-state index is -0.535. The highest BCUT2D eigenvalue weighted by Crippen LogP contribution is 2.47. The van der Waals surface area contributed by atoms with Crippen LogP contribution >= 0.6 is 0 Å². The van der Waals surface area contributed by atoms with Crippen LogP contribution in [0.4, 0.5) is 0 Å². The zero-order valence-corrected chi connectivity index (χ0v) is 18.9. The van der Waals surface area contributed by atoms with E-state index in [4.69, 9.17) is 4.74 Å². The van der Waals surface area contributed by atoms with Crippen LogP contribution in [0.25, 0.3) is 21.7 Å². The molecule has 0 amide bonds. The molecule has 0 bridgehead atoms. The molecule has 3 aromatic carbocycles. The number of rotatable bonds is 3. The molecule has 0 unspecified atom stereocenters. The molecule has 170 valence electrons. The van der Waals surface area contributed by atoms with Gasteiger partial charge in [0.1, 0.15) is 11.4 Å². The van der Waals surface area contributed by atoms with Gasteiger partial charge >= 0.3 is 0 Å². The van der Waals surface area contributed by atoms with E-state index < -0.39 is 12.2 Å². The molecule has 2 aliphatic heterocycles. The van der Waals surface area contributed by atoms with Gasteiger partial charge in [-0.25, -0.2) is 0 Å². The summed E-state index contributed by atoms with van der Waals surface area (Å²) in [6.45, 7) is 2.29. The SMILES string of the molecule is Cn1cc([C@H](O)CN2CCC3(CC2)C[C@@H](O)c2ccc4ccccc4c2O3)c2ccccc21. The van der Waals surface area contributed by atoms with Crippen LogP contribution in [0.2, 0.25) is 0 Å². The molecule has 3 heterocycles. The number of aryl methyl sites for hydroxylation is 1. The van der Waals surface area contributed by atoms with Gasteiger partial charge in [-0.1, -0.05) is 54.6 Å². The first-order valence-electron chi connectivity index (χ1n) is 11.9. The molecule has 6 rings (SSSR count). The van der Waals surface area contributed by atoms with Gasteiger partial charge in [-0.2, -0.15) is 0 Å². The van der Waals surface area contributed by atoms with Gasteiger partial charge in [-0.3, -0.25) is 0 Å². The molecule has 0 radical (unpaired) electrons. The fourth-order valence-electron chi connectivity index (χ4n) is 5.79. The predicted molar refractivity (Wildman–Crippen MR) is 130 cm³/mol. The van der Waals surface area contributed by atoms with E-state index in [1.165, 1.54) is 0 Å². The van der Waals surface area contributed by atoms with Crippen LogP contribution < -0.4 is 4.74 Å². The molecule has 4 aromatic rings. The van der Waals surface area contributed by atoms with Crippen molar-refractivity contribution in [3.05, 3.63) is 78.0 Å². The van der Waals surface area contributed by atoms with Crippen LogP contribution in [-0.4, -0.2) is 44.9 Å². The van der Waals surface area contributed by atoms with Gasteiger partial charge in [0.05, 0.1) is 12.2 Å². The van der Waals surface area contributed by atoms with Crippen LogP contribution in [0.5, 0.6) is 5.75 Å². The fourth-order valence-corrected chi connectivity index (χ4v) is 5.79. The summed E-state index contributed by atoms with van der Waals surface area (Å²) in [5.74, 6) is 0.844. The van der Waals surface area contributed by atoms with E-state index in [1.807, 2.05) is 43.6 Å². The third kappa shape index (κ3) is 3.52. The Balaban J connectivity index is 1.19. The molecular formula is C28H30N2O3. The van der Waals surface area contributed by atoms with Crippen molar-refractivity contribution in [3.63, 3.8) is 0 Å². The van der Waals surface area contributed by atoms with E-state index >= 15 is 0 Å². The maximum atomic E-state index is 11.1. The summed E-state index contributed by atoms with van der Waals surface area (Å²) in [7, 11) is 2.02. The van der Waals surface area contributed by atoms with Crippen LogP contribution in [0.15, 0.2) is 66.9 Å². The average molecular weight is 443 g/mol. The highest BCUT2D eigenvalue weighted by atomic mass is 16.5. The van der Waals surface area contributed by atoms with Crippen molar-refractivity contribution in [2.75, 3.05) is 19.6 Å². The first-order chi connectivity index (χ1) is 16.0. The highest BCUT2D eigenvalue weighted by molar-refractivity contribution is 5.90. The number of aromatic nitrogens is 1. The summed E-state index contributed by atoms with van der Waals surface area (Å²) in [5.41, 5.74) is 2.67. The number of benzene rings is 3. The molecule has 1 aromatic heterocycles. The van der Waals surface area contributed by atoms with Crippen molar-refractivity contribution in [2.24, 2.45) is 7.05 Å². The van der Waals surface area contributed by atoms with E-state index in [0.29, 0.717) is 13.0 Å². The second-order valence-corrected chi connectivity index (χ2v) is 9.74. The third-order valence-corrected chi connectivity index (χ3v) is 7.64. The molecule has 1 saturated heterocycles. The molecular weight excluding hydrogens is 412 g/mol. The maximum absolute atomic E-state index is 11.1. The van der Waals surface area contributed by atoms with Gasteiger partial charge in [0.15, 0.2) is 0 Å². The molecule has 1 fully saturated rings. The number of piperidine rings is 1. The number of fused-ring (bicyclic) bond motifs is 4. The average Bonchev–Trinajstić information content (AvgIpc) is 3.17. The molecule has 0 aliphatic carbocycles.